The maximum atomic E-state index is 5.65. The van der Waals surface area contributed by atoms with Gasteiger partial charge in [-0.2, -0.15) is 5.10 Å². The van der Waals surface area contributed by atoms with Gasteiger partial charge in [-0.15, -0.1) is 0 Å². The molecule has 1 heterocycles. The molecule has 2 N–H and O–H groups in total. The lowest BCUT2D eigenvalue weighted by Crippen LogP contribution is -2.45. The maximum absolute atomic E-state index is 5.65. The van der Waals surface area contributed by atoms with Crippen LogP contribution >= 0.6 is 12.2 Å². The van der Waals surface area contributed by atoms with Crippen LogP contribution in [0.15, 0.2) is 6.20 Å². The van der Waals surface area contributed by atoms with Gasteiger partial charge in [-0.25, -0.2) is 0 Å². The SMILES string of the molecule is CC(C)(C)n1ncc2c1CCC[C@H]2NC(=S)N[C@H]1C[C@H]2CC[C@H]1C2. The molecule has 0 spiro atoms. The molecule has 3 aliphatic rings. The summed E-state index contributed by atoms with van der Waals surface area (Å²) in [7, 11) is 0. The fraction of sp³-hybridized carbons (Fsp3) is 0.789. The minimum absolute atomic E-state index is 0.0390. The second-order valence-electron chi connectivity index (χ2n) is 8.97. The van der Waals surface area contributed by atoms with Gasteiger partial charge in [0.2, 0.25) is 0 Å². The molecule has 0 unspecified atom stereocenters. The van der Waals surface area contributed by atoms with E-state index < -0.39 is 0 Å². The Morgan fingerprint density at radius 3 is 2.71 bits per heavy atom. The molecule has 4 atom stereocenters. The van der Waals surface area contributed by atoms with Crippen molar-refractivity contribution >= 4 is 17.3 Å². The van der Waals surface area contributed by atoms with Crippen molar-refractivity contribution < 1.29 is 0 Å². The highest BCUT2D eigenvalue weighted by Gasteiger charge is 2.40. The van der Waals surface area contributed by atoms with Crippen LogP contribution in [-0.4, -0.2) is 20.9 Å². The molecule has 0 radical (unpaired) electrons. The summed E-state index contributed by atoms with van der Waals surface area (Å²) < 4.78 is 2.20. The molecule has 4 rings (SSSR count). The summed E-state index contributed by atoms with van der Waals surface area (Å²) in [6.45, 7) is 6.66. The molecule has 24 heavy (non-hydrogen) atoms. The largest absolute Gasteiger partial charge is 0.360 e. The van der Waals surface area contributed by atoms with Crippen LogP contribution in [0.1, 0.15) is 76.6 Å². The van der Waals surface area contributed by atoms with Crippen LogP contribution < -0.4 is 10.6 Å². The Kier molecular flexibility index (Phi) is 4.10. The van der Waals surface area contributed by atoms with E-state index in [1.807, 2.05) is 0 Å². The topological polar surface area (TPSA) is 41.9 Å². The summed E-state index contributed by atoms with van der Waals surface area (Å²) in [5.41, 5.74) is 2.76. The van der Waals surface area contributed by atoms with Gasteiger partial charge in [0.05, 0.1) is 17.8 Å². The van der Waals surface area contributed by atoms with Crippen molar-refractivity contribution in [2.45, 2.75) is 83.3 Å². The molecule has 1 aromatic rings. The maximum Gasteiger partial charge on any atom is 0.167 e. The number of nitrogens with one attached hydrogen (secondary N) is 2. The fourth-order valence-electron chi connectivity index (χ4n) is 5.07. The summed E-state index contributed by atoms with van der Waals surface area (Å²) in [6, 6.07) is 0.910. The van der Waals surface area contributed by atoms with Crippen molar-refractivity contribution in [2.24, 2.45) is 11.8 Å². The van der Waals surface area contributed by atoms with Gasteiger partial charge >= 0.3 is 0 Å². The molecule has 0 amide bonds. The van der Waals surface area contributed by atoms with E-state index in [0.29, 0.717) is 12.1 Å². The Bertz CT molecular complexity index is 630. The third-order valence-electron chi connectivity index (χ3n) is 6.18. The Balaban J connectivity index is 1.43. The molecule has 132 valence electrons. The number of thiocarbonyl (C=S) groups is 1. The van der Waals surface area contributed by atoms with E-state index in [9.17, 15) is 0 Å². The Morgan fingerprint density at radius 2 is 2.04 bits per heavy atom. The van der Waals surface area contributed by atoms with Gasteiger partial charge in [0.15, 0.2) is 5.11 Å². The predicted octanol–water partition coefficient (Wildman–Crippen LogP) is 3.67. The number of rotatable bonds is 2. The minimum atomic E-state index is 0.0390. The second-order valence-corrected chi connectivity index (χ2v) is 9.38. The zero-order valence-electron chi connectivity index (χ0n) is 15.1. The standard InChI is InChI=1S/C19H30N4S/c1-19(2,3)23-17-6-4-5-15(14(17)11-20-23)21-18(24)22-16-10-12-7-8-13(16)9-12/h11-13,15-16H,4-10H2,1-3H3,(H2,21,22,24)/t12-,13-,15+,16-/m0/s1. The predicted molar refractivity (Wildman–Crippen MR) is 101 cm³/mol. The number of fused-ring (bicyclic) bond motifs is 3. The molecule has 3 aliphatic carbocycles. The zero-order chi connectivity index (χ0) is 16.9. The molecule has 2 bridgehead atoms. The van der Waals surface area contributed by atoms with Gasteiger partial charge in [-0.3, -0.25) is 4.68 Å². The first-order valence-electron chi connectivity index (χ1n) is 9.56. The van der Waals surface area contributed by atoms with Gasteiger partial charge in [0, 0.05) is 17.3 Å². The van der Waals surface area contributed by atoms with Crippen LogP contribution in [0.5, 0.6) is 0 Å². The molecule has 0 saturated heterocycles. The van der Waals surface area contributed by atoms with Gasteiger partial charge in [0.1, 0.15) is 0 Å². The lowest BCUT2D eigenvalue weighted by Gasteiger charge is -2.30. The Labute approximate surface area is 150 Å². The van der Waals surface area contributed by atoms with Crippen molar-refractivity contribution in [1.29, 1.82) is 0 Å². The summed E-state index contributed by atoms with van der Waals surface area (Å²) in [6.07, 6.45) is 11.0. The number of nitrogens with zero attached hydrogens (tertiary/aromatic N) is 2. The highest BCUT2D eigenvalue weighted by Crippen LogP contribution is 2.44. The third-order valence-corrected chi connectivity index (χ3v) is 6.41. The lowest BCUT2D eigenvalue weighted by molar-refractivity contribution is 0.336. The van der Waals surface area contributed by atoms with Crippen molar-refractivity contribution in [1.82, 2.24) is 20.4 Å². The van der Waals surface area contributed by atoms with E-state index in [1.54, 1.807) is 0 Å². The van der Waals surface area contributed by atoms with E-state index in [-0.39, 0.29) is 5.54 Å². The van der Waals surface area contributed by atoms with E-state index in [1.165, 1.54) is 43.4 Å². The van der Waals surface area contributed by atoms with Gasteiger partial charge in [-0.1, -0.05) is 6.42 Å². The molecule has 2 fully saturated rings. The molecule has 1 aromatic heterocycles. The first kappa shape index (κ1) is 16.4. The average Bonchev–Trinajstić information content (AvgIpc) is 3.20. The second kappa shape index (κ2) is 6.01. The molecule has 5 heteroatoms. The molecule has 4 nitrogen and oxygen atoms in total. The van der Waals surface area contributed by atoms with Crippen LogP contribution in [0.4, 0.5) is 0 Å². The summed E-state index contributed by atoms with van der Waals surface area (Å²) in [4.78, 5) is 0. The first-order valence-corrected chi connectivity index (χ1v) is 9.97. The Hall–Kier alpha value is -1.10. The van der Waals surface area contributed by atoms with Gasteiger partial charge in [0.25, 0.3) is 0 Å². The molecule has 2 saturated carbocycles. The summed E-state index contributed by atoms with van der Waals surface area (Å²) in [5, 5.41) is 12.7. The van der Waals surface area contributed by atoms with Crippen LogP contribution in [0.25, 0.3) is 0 Å². The highest BCUT2D eigenvalue weighted by molar-refractivity contribution is 7.80. The van der Waals surface area contributed by atoms with Gasteiger partial charge in [-0.05, 0) is 83.3 Å². The monoisotopic (exact) mass is 346 g/mol. The van der Waals surface area contributed by atoms with E-state index >= 15 is 0 Å². The van der Waals surface area contributed by atoms with Crippen molar-refractivity contribution in [3.63, 3.8) is 0 Å². The first-order chi connectivity index (χ1) is 11.4. The minimum Gasteiger partial charge on any atom is -0.360 e. The van der Waals surface area contributed by atoms with E-state index in [0.717, 1.165) is 29.8 Å². The number of hydrogen-bond acceptors (Lipinski definition) is 2. The highest BCUT2D eigenvalue weighted by atomic mass is 32.1. The lowest BCUT2D eigenvalue weighted by atomic mass is 9.92. The number of aromatic nitrogens is 2. The smallest absolute Gasteiger partial charge is 0.167 e. The molecule has 0 aromatic carbocycles. The van der Waals surface area contributed by atoms with Crippen LogP contribution in [0, 0.1) is 11.8 Å². The van der Waals surface area contributed by atoms with Crippen molar-refractivity contribution in [3.8, 4) is 0 Å². The van der Waals surface area contributed by atoms with Crippen LogP contribution in [-0.2, 0) is 12.0 Å². The van der Waals surface area contributed by atoms with Crippen molar-refractivity contribution in [2.75, 3.05) is 0 Å². The van der Waals surface area contributed by atoms with Crippen LogP contribution in [0.2, 0.25) is 0 Å². The van der Waals surface area contributed by atoms with Gasteiger partial charge < -0.3 is 10.6 Å². The third kappa shape index (κ3) is 2.96. The molecular weight excluding hydrogens is 316 g/mol. The quantitative estimate of drug-likeness (QED) is 0.802. The zero-order valence-corrected chi connectivity index (χ0v) is 16.0. The number of hydrogen-bond donors (Lipinski definition) is 2. The molecule has 0 aliphatic heterocycles. The van der Waals surface area contributed by atoms with Crippen LogP contribution in [0.3, 0.4) is 0 Å². The van der Waals surface area contributed by atoms with E-state index in [4.69, 9.17) is 12.2 Å². The normalized spacial score (nSPS) is 31.8. The fourth-order valence-corrected chi connectivity index (χ4v) is 5.37. The molecular formula is C19H30N4S. The van der Waals surface area contributed by atoms with Crippen molar-refractivity contribution in [3.05, 3.63) is 17.5 Å². The Morgan fingerprint density at radius 1 is 1.21 bits per heavy atom. The summed E-state index contributed by atoms with van der Waals surface area (Å²) >= 11 is 5.65. The average molecular weight is 347 g/mol. The summed E-state index contributed by atoms with van der Waals surface area (Å²) in [5.74, 6) is 1.79. The van der Waals surface area contributed by atoms with E-state index in [2.05, 4.69) is 47.4 Å².